The molecule has 1 heterocycles. The summed E-state index contributed by atoms with van der Waals surface area (Å²) in [4.78, 5) is 16.5. The maximum atomic E-state index is 12.4. The molecule has 3 rings (SSSR count). The minimum Gasteiger partial charge on any atom is -0.504 e. The summed E-state index contributed by atoms with van der Waals surface area (Å²) in [5.41, 5.74) is 0.396. The number of amides is 1. The van der Waals surface area contributed by atoms with Crippen LogP contribution in [0.15, 0.2) is 48.5 Å². The fraction of sp³-hybridized carbons (Fsp3) is 0. The maximum Gasteiger partial charge on any atom is 0.278 e. The summed E-state index contributed by atoms with van der Waals surface area (Å²) < 4.78 is 6.85. The van der Waals surface area contributed by atoms with E-state index in [-0.39, 0.29) is 11.4 Å². The second-order valence-electron chi connectivity index (χ2n) is 5.28. The van der Waals surface area contributed by atoms with Gasteiger partial charge >= 0.3 is 0 Å². The van der Waals surface area contributed by atoms with Gasteiger partial charge in [0, 0.05) is 10.7 Å². The van der Waals surface area contributed by atoms with Crippen LogP contribution in [0.5, 0.6) is 17.2 Å². The van der Waals surface area contributed by atoms with Crippen molar-refractivity contribution in [1.82, 2.24) is 4.98 Å². The van der Waals surface area contributed by atoms with Crippen LogP contribution in [0.3, 0.4) is 0 Å². The van der Waals surface area contributed by atoms with Crippen LogP contribution in [0, 0.1) is 7.27 Å². The Morgan fingerprint density at radius 3 is 2.44 bits per heavy atom. The highest BCUT2D eigenvalue weighted by molar-refractivity contribution is 14.1. The Morgan fingerprint density at radius 2 is 1.78 bits per heavy atom. The molecule has 0 saturated carbocycles. The van der Waals surface area contributed by atoms with Gasteiger partial charge in [0.15, 0.2) is 11.4 Å². The minimum atomic E-state index is -0.536. The number of aromatic hydroxyl groups is 1. The summed E-state index contributed by atoms with van der Waals surface area (Å²) in [5.74, 6) is 0.316. The number of pyridine rings is 1. The van der Waals surface area contributed by atoms with E-state index in [0.29, 0.717) is 34.5 Å². The predicted molar refractivity (Wildman–Crippen MR) is 122 cm³/mol. The summed E-state index contributed by atoms with van der Waals surface area (Å²) in [5, 5.41) is 13.7. The van der Waals surface area contributed by atoms with E-state index in [1.807, 2.05) is 45.2 Å². The third-order valence-electron chi connectivity index (χ3n) is 3.36. The predicted octanol–water partition coefficient (Wildman–Crippen LogP) is 6.35. The number of ether oxygens (including phenoxy) is 1. The summed E-state index contributed by atoms with van der Waals surface area (Å²) in [7, 11) is 0. The smallest absolute Gasteiger partial charge is 0.278 e. The van der Waals surface area contributed by atoms with Crippen LogP contribution >= 0.6 is 68.4 Å². The second kappa shape index (κ2) is 8.80. The first kappa shape index (κ1) is 20.4. The van der Waals surface area contributed by atoms with E-state index in [1.54, 1.807) is 48.5 Å². The molecule has 0 atom stereocenters. The van der Waals surface area contributed by atoms with Gasteiger partial charge < -0.3 is 15.2 Å². The molecular weight excluding hydrogens is 617 g/mol. The van der Waals surface area contributed by atoms with Gasteiger partial charge in [0.2, 0.25) is 0 Å². The van der Waals surface area contributed by atoms with Gasteiger partial charge in [-0.3, -0.25) is 4.79 Å². The lowest BCUT2D eigenvalue weighted by atomic mass is 10.2. The molecule has 0 aliphatic heterocycles. The molecule has 0 saturated heterocycles. The van der Waals surface area contributed by atoms with Crippen LogP contribution in [-0.2, 0) is 0 Å². The Balaban J connectivity index is 1.78. The van der Waals surface area contributed by atoms with Crippen LogP contribution in [0.1, 0.15) is 10.5 Å². The molecule has 138 valence electrons. The highest BCUT2D eigenvalue weighted by Gasteiger charge is 2.17. The minimum absolute atomic E-state index is 0.0519. The molecule has 0 aliphatic rings. The van der Waals surface area contributed by atoms with Gasteiger partial charge in [-0.1, -0.05) is 23.2 Å². The largest absolute Gasteiger partial charge is 0.504 e. The van der Waals surface area contributed by atoms with E-state index in [0.717, 1.165) is 0 Å². The molecular formula is C18H10Cl2I2N2O3. The Hall–Kier alpha value is -1.30. The fourth-order valence-corrected chi connectivity index (χ4v) is 4.16. The van der Waals surface area contributed by atoms with E-state index in [2.05, 4.69) is 10.3 Å². The standard InChI is InChI=1S/C18H10Cl2I2N2O3/c19-9-1-4-11(5-2-9)27-14-6-3-10(7-12(14)20)23-18(26)16-17(25)13(21)8-15(22)24-16/h1-8,25H,(H,23,26). The molecule has 0 bridgehead atoms. The number of carbonyl (C=O) groups is 1. The first-order chi connectivity index (χ1) is 12.8. The van der Waals surface area contributed by atoms with E-state index in [1.165, 1.54) is 0 Å². The van der Waals surface area contributed by atoms with Crippen LogP contribution in [0.4, 0.5) is 5.69 Å². The highest BCUT2D eigenvalue weighted by atomic mass is 127. The van der Waals surface area contributed by atoms with Crippen molar-refractivity contribution in [2.75, 3.05) is 5.32 Å². The SMILES string of the molecule is O=C(Nc1ccc(Oc2ccc(Cl)cc2)c(Cl)c1)c1nc(I)cc(I)c1O. The fourth-order valence-electron chi connectivity index (χ4n) is 2.12. The van der Waals surface area contributed by atoms with Gasteiger partial charge in [-0.15, -0.1) is 0 Å². The summed E-state index contributed by atoms with van der Waals surface area (Å²) in [6.07, 6.45) is 0. The number of hydrogen-bond acceptors (Lipinski definition) is 4. The van der Waals surface area contributed by atoms with E-state index >= 15 is 0 Å². The van der Waals surface area contributed by atoms with E-state index in [9.17, 15) is 9.90 Å². The Bertz CT molecular complexity index is 1010. The Kier molecular flexibility index (Phi) is 6.66. The Morgan fingerprint density at radius 1 is 1.07 bits per heavy atom. The average molecular weight is 627 g/mol. The van der Waals surface area contributed by atoms with E-state index < -0.39 is 5.91 Å². The van der Waals surface area contributed by atoms with Crippen molar-refractivity contribution in [3.63, 3.8) is 0 Å². The van der Waals surface area contributed by atoms with Crippen molar-refractivity contribution in [3.05, 3.63) is 71.5 Å². The van der Waals surface area contributed by atoms with Crippen molar-refractivity contribution in [3.8, 4) is 17.2 Å². The lowest BCUT2D eigenvalue weighted by molar-refractivity contribution is 0.101. The normalized spacial score (nSPS) is 10.5. The lowest BCUT2D eigenvalue weighted by Crippen LogP contribution is -2.15. The molecule has 3 aromatic rings. The number of carbonyl (C=O) groups excluding carboxylic acids is 1. The van der Waals surface area contributed by atoms with Crippen LogP contribution in [0.25, 0.3) is 0 Å². The molecule has 1 amide bonds. The zero-order chi connectivity index (χ0) is 19.6. The molecule has 2 aromatic carbocycles. The number of halogens is 4. The number of rotatable bonds is 4. The molecule has 27 heavy (non-hydrogen) atoms. The molecule has 1 aromatic heterocycles. The third-order valence-corrected chi connectivity index (χ3v) is 5.28. The van der Waals surface area contributed by atoms with Crippen LogP contribution < -0.4 is 10.1 Å². The van der Waals surface area contributed by atoms with Crippen LogP contribution in [-0.4, -0.2) is 16.0 Å². The van der Waals surface area contributed by atoms with Crippen molar-refractivity contribution in [1.29, 1.82) is 0 Å². The zero-order valence-electron chi connectivity index (χ0n) is 13.3. The highest BCUT2D eigenvalue weighted by Crippen LogP contribution is 2.32. The van der Waals surface area contributed by atoms with E-state index in [4.69, 9.17) is 27.9 Å². The van der Waals surface area contributed by atoms with Gasteiger partial charge in [0.1, 0.15) is 15.2 Å². The molecule has 0 radical (unpaired) electrons. The lowest BCUT2D eigenvalue weighted by Gasteiger charge is -2.11. The maximum absolute atomic E-state index is 12.4. The Labute approximate surface area is 192 Å². The first-order valence-electron chi connectivity index (χ1n) is 7.43. The van der Waals surface area contributed by atoms with Gasteiger partial charge in [0.25, 0.3) is 5.91 Å². The van der Waals surface area contributed by atoms with Crippen molar-refractivity contribution in [2.45, 2.75) is 0 Å². The molecule has 0 fully saturated rings. The zero-order valence-corrected chi connectivity index (χ0v) is 19.2. The molecule has 0 unspecified atom stereocenters. The van der Waals surface area contributed by atoms with Crippen molar-refractivity contribution < 1.29 is 14.6 Å². The quantitative estimate of drug-likeness (QED) is 0.262. The first-order valence-corrected chi connectivity index (χ1v) is 10.3. The van der Waals surface area contributed by atoms with Gasteiger partial charge in [-0.05, 0) is 93.7 Å². The second-order valence-corrected chi connectivity index (χ2v) is 8.39. The molecule has 0 aliphatic carbocycles. The van der Waals surface area contributed by atoms with Crippen molar-refractivity contribution >= 4 is 80.0 Å². The number of nitrogens with zero attached hydrogens (tertiary/aromatic N) is 1. The number of aromatic nitrogens is 1. The van der Waals surface area contributed by atoms with Crippen molar-refractivity contribution in [2.24, 2.45) is 0 Å². The molecule has 2 N–H and O–H groups in total. The number of benzene rings is 2. The number of hydrogen-bond donors (Lipinski definition) is 2. The molecule has 5 nitrogen and oxygen atoms in total. The topological polar surface area (TPSA) is 71.5 Å². The monoisotopic (exact) mass is 626 g/mol. The molecule has 0 spiro atoms. The average Bonchev–Trinajstić information content (AvgIpc) is 2.62. The molecule has 9 heteroatoms. The van der Waals surface area contributed by atoms with Gasteiger partial charge in [-0.25, -0.2) is 4.98 Å². The third kappa shape index (κ3) is 5.15. The van der Waals surface area contributed by atoms with Gasteiger partial charge in [-0.2, -0.15) is 0 Å². The summed E-state index contributed by atoms with van der Waals surface area (Å²) in [6.45, 7) is 0. The summed E-state index contributed by atoms with van der Waals surface area (Å²) >= 11 is 16.0. The summed E-state index contributed by atoms with van der Waals surface area (Å²) in [6, 6.07) is 13.4. The van der Waals surface area contributed by atoms with Crippen LogP contribution in [0.2, 0.25) is 10.0 Å². The number of nitrogens with one attached hydrogen (secondary N) is 1. The number of anilines is 1. The van der Waals surface area contributed by atoms with Gasteiger partial charge in [0.05, 0.1) is 8.59 Å².